The number of anilines is 2. The van der Waals surface area contributed by atoms with Gasteiger partial charge in [0.15, 0.2) is 5.82 Å². The van der Waals surface area contributed by atoms with Crippen LogP contribution in [0.1, 0.15) is 36.5 Å². The highest BCUT2D eigenvalue weighted by atomic mass is 35.5. The smallest absolute Gasteiger partial charge is 0.243 e. The van der Waals surface area contributed by atoms with Gasteiger partial charge in [-0.25, -0.2) is 13.8 Å². The van der Waals surface area contributed by atoms with Gasteiger partial charge in [0.1, 0.15) is 11.6 Å². The summed E-state index contributed by atoms with van der Waals surface area (Å²) in [6.45, 7) is 3.24. The number of hydrogen-bond donors (Lipinski definition) is 3. The maximum absolute atomic E-state index is 14.9. The van der Waals surface area contributed by atoms with E-state index in [4.69, 9.17) is 27.9 Å². The molecule has 3 rings (SSSR count). The summed E-state index contributed by atoms with van der Waals surface area (Å²) in [5.41, 5.74) is 0.950. The van der Waals surface area contributed by atoms with Crippen LogP contribution in [0.3, 0.4) is 0 Å². The number of amides is 1. The van der Waals surface area contributed by atoms with E-state index in [1.165, 1.54) is 31.5 Å². The molecule has 180 valence electrons. The first-order chi connectivity index (χ1) is 16.1. The average molecular weight is 510 g/mol. The van der Waals surface area contributed by atoms with Gasteiger partial charge in [0, 0.05) is 23.1 Å². The molecule has 0 aliphatic heterocycles. The summed E-state index contributed by atoms with van der Waals surface area (Å²) in [4.78, 5) is 16.2. The summed E-state index contributed by atoms with van der Waals surface area (Å²) in [6, 6.07) is 7.29. The Kier molecular flexibility index (Phi) is 8.17. The molecule has 6 nitrogen and oxygen atoms in total. The number of aromatic nitrogens is 1. The number of aromatic hydroxyl groups is 1. The Bertz CT molecular complexity index is 1210. The zero-order valence-electron chi connectivity index (χ0n) is 18.7. The van der Waals surface area contributed by atoms with Crippen LogP contribution < -0.4 is 15.4 Å². The molecule has 0 fully saturated rings. The molecule has 1 aromatic heterocycles. The molecule has 3 aromatic rings. The first kappa shape index (κ1) is 25.5. The molecule has 10 heteroatoms. The van der Waals surface area contributed by atoms with Crippen LogP contribution in [0.4, 0.5) is 20.2 Å². The normalized spacial score (nSPS) is 10.9. The number of benzene rings is 2. The van der Waals surface area contributed by atoms with Crippen LogP contribution in [0, 0.1) is 11.6 Å². The summed E-state index contributed by atoms with van der Waals surface area (Å²) in [5, 5.41) is 15.1. The SMILES string of the molecule is COc1ccc(NC(=O)CNc2cc(Cl)c(Cc3ccc(O)c(C(C)C)c3F)c(Cl)c2F)cn1. The molecule has 1 amide bonds. The van der Waals surface area contributed by atoms with E-state index in [0.29, 0.717) is 11.6 Å². The number of nitrogens with zero attached hydrogens (tertiary/aromatic N) is 1. The summed E-state index contributed by atoms with van der Waals surface area (Å²) < 4.78 is 34.8. The number of rotatable bonds is 8. The maximum atomic E-state index is 14.9. The van der Waals surface area contributed by atoms with Crippen LogP contribution in [-0.4, -0.2) is 29.7 Å². The number of ether oxygens (including phenoxy) is 1. The highest BCUT2D eigenvalue weighted by Gasteiger charge is 2.21. The van der Waals surface area contributed by atoms with Gasteiger partial charge < -0.3 is 20.5 Å². The predicted octanol–water partition coefficient (Wildman–Crippen LogP) is 6.15. The standard InChI is InChI=1S/C24H23Cl2F2N3O3/c1-12(2)21-18(32)6-4-13(23(21)27)8-15-16(25)9-17(24(28)22(15)26)29-11-19(33)31-14-5-7-20(34-3)30-10-14/h4-7,9-10,12,29,32H,8,11H2,1-3H3,(H,31,33). The van der Waals surface area contributed by atoms with Crippen LogP contribution in [0.5, 0.6) is 11.6 Å². The Labute approximate surface area is 205 Å². The summed E-state index contributed by atoms with van der Waals surface area (Å²) in [6.07, 6.45) is 1.35. The van der Waals surface area contributed by atoms with Crippen molar-refractivity contribution in [2.24, 2.45) is 0 Å². The number of nitrogens with one attached hydrogen (secondary N) is 2. The largest absolute Gasteiger partial charge is 0.508 e. The Morgan fingerprint density at radius 2 is 1.91 bits per heavy atom. The number of pyridine rings is 1. The molecule has 0 aliphatic carbocycles. The van der Waals surface area contributed by atoms with E-state index in [2.05, 4.69) is 15.6 Å². The van der Waals surface area contributed by atoms with E-state index in [1.54, 1.807) is 26.0 Å². The first-order valence-corrected chi connectivity index (χ1v) is 11.1. The minimum Gasteiger partial charge on any atom is -0.508 e. The minimum absolute atomic E-state index is 0.0733. The number of carbonyl (C=O) groups is 1. The number of carbonyl (C=O) groups excluding carboxylic acids is 1. The number of methoxy groups -OCH3 is 1. The zero-order valence-corrected chi connectivity index (χ0v) is 20.2. The lowest BCUT2D eigenvalue weighted by atomic mass is 9.95. The Hall–Kier alpha value is -3.10. The second-order valence-electron chi connectivity index (χ2n) is 7.81. The zero-order chi connectivity index (χ0) is 25.0. The van der Waals surface area contributed by atoms with Crippen LogP contribution in [-0.2, 0) is 11.2 Å². The maximum Gasteiger partial charge on any atom is 0.243 e. The van der Waals surface area contributed by atoms with Crippen molar-refractivity contribution in [3.63, 3.8) is 0 Å². The van der Waals surface area contributed by atoms with Crippen molar-refractivity contribution in [2.75, 3.05) is 24.3 Å². The molecular weight excluding hydrogens is 487 g/mol. The van der Waals surface area contributed by atoms with Crippen molar-refractivity contribution in [1.29, 1.82) is 0 Å². The van der Waals surface area contributed by atoms with Crippen molar-refractivity contribution < 1.29 is 23.4 Å². The average Bonchev–Trinajstić information content (AvgIpc) is 2.79. The monoisotopic (exact) mass is 509 g/mol. The van der Waals surface area contributed by atoms with Crippen LogP contribution in [0.2, 0.25) is 10.0 Å². The highest BCUT2D eigenvalue weighted by Crippen LogP contribution is 2.37. The first-order valence-electron chi connectivity index (χ1n) is 10.3. The van der Waals surface area contributed by atoms with Crippen molar-refractivity contribution in [1.82, 2.24) is 4.98 Å². The minimum atomic E-state index is -0.816. The van der Waals surface area contributed by atoms with E-state index >= 15 is 0 Å². The van der Waals surface area contributed by atoms with Gasteiger partial charge in [-0.2, -0.15) is 0 Å². The van der Waals surface area contributed by atoms with Crippen LogP contribution in [0.25, 0.3) is 0 Å². The Morgan fingerprint density at radius 3 is 2.53 bits per heavy atom. The van der Waals surface area contributed by atoms with Gasteiger partial charge in [-0.3, -0.25) is 4.79 Å². The van der Waals surface area contributed by atoms with Gasteiger partial charge in [-0.15, -0.1) is 0 Å². The third-order valence-electron chi connectivity index (χ3n) is 5.10. The van der Waals surface area contributed by atoms with Gasteiger partial charge >= 0.3 is 0 Å². The number of hydrogen-bond acceptors (Lipinski definition) is 5. The molecule has 0 spiro atoms. The van der Waals surface area contributed by atoms with Gasteiger partial charge in [-0.1, -0.05) is 43.1 Å². The second kappa shape index (κ2) is 10.9. The topological polar surface area (TPSA) is 83.5 Å². The summed E-state index contributed by atoms with van der Waals surface area (Å²) >= 11 is 12.6. The lowest BCUT2D eigenvalue weighted by Crippen LogP contribution is -2.22. The number of halogens is 4. The second-order valence-corrected chi connectivity index (χ2v) is 8.59. The molecule has 0 saturated heterocycles. The third kappa shape index (κ3) is 5.69. The van der Waals surface area contributed by atoms with E-state index in [-0.39, 0.29) is 57.1 Å². The molecule has 0 saturated carbocycles. The van der Waals surface area contributed by atoms with Crippen molar-refractivity contribution in [2.45, 2.75) is 26.2 Å². The molecule has 0 atom stereocenters. The molecule has 3 N–H and O–H groups in total. The molecule has 1 heterocycles. The van der Waals surface area contributed by atoms with Crippen molar-refractivity contribution in [3.8, 4) is 11.6 Å². The predicted molar refractivity (Wildman–Crippen MR) is 129 cm³/mol. The van der Waals surface area contributed by atoms with E-state index in [0.717, 1.165) is 0 Å². The third-order valence-corrected chi connectivity index (χ3v) is 5.83. The quantitative estimate of drug-likeness (QED) is 0.317. The van der Waals surface area contributed by atoms with E-state index in [1.807, 2.05) is 0 Å². The molecule has 0 unspecified atom stereocenters. The molecule has 34 heavy (non-hydrogen) atoms. The number of phenolic OH excluding ortho intramolecular Hbond substituents is 1. The summed E-state index contributed by atoms with van der Waals surface area (Å²) in [7, 11) is 1.48. The van der Waals surface area contributed by atoms with E-state index < -0.39 is 17.5 Å². The van der Waals surface area contributed by atoms with Crippen LogP contribution in [0.15, 0.2) is 36.5 Å². The van der Waals surface area contributed by atoms with Gasteiger partial charge in [0.05, 0.1) is 36.2 Å². The van der Waals surface area contributed by atoms with Crippen molar-refractivity contribution in [3.05, 3.63) is 74.9 Å². The molecule has 2 aromatic carbocycles. The van der Waals surface area contributed by atoms with Gasteiger partial charge in [-0.05, 0) is 35.2 Å². The fourth-order valence-electron chi connectivity index (χ4n) is 3.38. The molecule has 0 radical (unpaired) electrons. The lowest BCUT2D eigenvalue weighted by Gasteiger charge is -2.16. The fourth-order valence-corrected chi connectivity index (χ4v) is 3.97. The van der Waals surface area contributed by atoms with Gasteiger partial charge in [0.2, 0.25) is 11.8 Å². The molecule has 0 aliphatic rings. The van der Waals surface area contributed by atoms with Gasteiger partial charge in [0.25, 0.3) is 0 Å². The summed E-state index contributed by atoms with van der Waals surface area (Å²) in [5.74, 6) is -1.86. The van der Waals surface area contributed by atoms with E-state index in [9.17, 15) is 18.7 Å². The highest BCUT2D eigenvalue weighted by molar-refractivity contribution is 6.36. The Balaban J connectivity index is 1.75. The van der Waals surface area contributed by atoms with Crippen LogP contribution >= 0.6 is 23.2 Å². The lowest BCUT2D eigenvalue weighted by molar-refractivity contribution is -0.114. The Morgan fingerprint density at radius 1 is 1.18 bits per heavy atom. The molecular formula is C24H23Cl2F2N3O3. The molecule has 0 bridgehead atoms. The number of phenols is 1. The van der Waals surface area contributed by atoms with Crippen molar-refractivity contribution >= 4 is 40.5 Å². The fraction of sp³-hybridized carbons (Fsp3) is 0.250.